The Balaban J connectivity index is 1.41. The van der Waals surface area contributed by atoms with Crippen molar-refractivity contribution >= 4 is 34.4 Å². The SMILES string of the molecule is CN1c2ncccc2C(=O)NC1c1ccccc1NC(=O)Cn1nnc2ccccc21. The largest absolute Gasteiger partial charge is 0.335 e. The molecule has 154 valence electrons. The quantitative estimate of drug-likeness (QED) is 0.532. The summed E-state index contributed by atoms with van der Waals surface area (Å²) in [6, 6.07) is 18.3. The summed E-state index contributed by atoms with van der Waals surface area (Å²) in [6.45, 7) is 0.0199. The summed E-state index contributed by atoms with van der Waals surface area (Å²) in [5, 5.41) is 14.1. The molecule has 0 spiro atoms. The molecule has 1 unspecified atom stereocenters. The lowest BCUT2D eigenvalue weighted by molar-refractivity contribution is -0.116. The van der Waals surface area contributed by atoms with E-state index < -0.39 is 6.17 Å². The first-order valence-electron chi connectivity index (χ1n) is 9.77. The van der Waals surface area contributed by atoms with E-state index in [4.69, 9.17) is 0 Å². The van der Waals surface area contributed by atoms with Crippen molar-refractivity contribution in [2.75, 3.05) is 17.3 Å². The monoisotopic (exact) mass is 413 g/mol. The summed E-state index contributed by atoms with van der Waals surface area (Å²) < 4.78 is 1.56. The van der Waals surface area contributed by atoms with Crippen LogP contribution in [0.1, 0.15) is 22.1 Å². The van der Waals surface area contributed by atoms with Crippen LogP contribution in [0.3, 0.4) is 0 Å². The van der Waals surface area contributed by atoms with Crippen LogP contribution in [-0.4, -0.2) is 38.8 Å². The Morgan fingerprint density at radius 2 is 1.90 bits per heavy atom. The van der Waals surface area contributed by atoms with Crippen molar-refractivity contribution in [3.05, 3.63) is 78.0 Å². The molecule has 1 aliphatic heterocycles. The molecule has 0 radical (unpaired) electrons. The second-order valence-electron chi connectivity index (χ2n) is 7.23. The Hall–Kier alpha value is -4.27. The smallest absolute Gasteiger partial charge is 0.256 e. The highest BCUT2D eigenvalue weighted by atomic mass is 16.2. The molecule has 5 rings (SSSR count). The van der Waals surface area contributed by atoms with Gasteiger partial charge in [0, 0.05) is 24.5 Å². The zero-order valence-corrected chi connectivity index (χ0v) is 16.7. The lowest BCUT2D eigenvalue weighted by Gasteiger charge is -2.36. The van der Waals surface area contributed by atoms with E-state index in [2.05, 4.69) is 25.9 Å². The van der Waals surface area contributed by atoms with Gasteiger partial charge in [-0.1, -0.05) is 35.5 Å². The molecular formula is C22H19N7O2. The fourth-order valence-corrected chi connectivity index (χ4v) is 3.77. The molecule has 2 N–H and O–H groups in total. The number of hydrogen-bond acceptors (Lipinski definition) is 6. The number of carbonyl (C=O) groups excluding carboxylic acids is 2. The van der Waals surface area contributed by atoms with E-state index in [-0.39, 0.29) is 18.4 Å². The van der Waals surface area contributed by atoms with E-state index in [9.17, 15) is 9.59 Å². The Labute approximate surface area is 177 Å². The summed E-state index contributed by atoms with van der Waals surface area (Å²) in [4.78, 5) is 31.6. The van der Waals surface area contributed by atoms with Crippen molar-refractivity contribution in [1.82, 2.24) is 25.3 Å². The highest BCUT2D eigenvalue weighted by molar-refractivity contribution is 6.01. The first kappa shape index (κ1) is 18.7. The fraction of sp³-hybridized carbons (Fsp3) is 0.136. The highest BCUT2D eigenvalue weighted by Gasteiger charge is 2.31. The van der Waals surface area contributed by atoms with E-state index in [0.29, 0.717) is 17.1 Å². The van der Waals surface area contributed by atoms with E-state index in [1.807, 2.05) is 54.4 Å². The minimum Gasteiger partial charge on any atom is -0.335 e. The van der Waals surface area contributed by atoms with E-state index >= 15 is 0 Å². The number of aromatic nitrogens is 4. The van der Waals surface area contributed by atoms with Crippen LogP contribution in [0, 0.1) is 0 Å². The van der Waals surface area contributed by atoms with Crippen LogP contribution in [0.4, 0.5) is 11.5 Å². The van der Waals surface area contributed by atoms with Crippen molar-refractivity contribution < 1.29 is 9.59 Å². The van der Waals surface area contributed by atoms with Crippen LogP contribution < -0.4 is 15.5 Å². The third-order valence-corrected chi connectivity index (χ3v) is 5.26. The maximum atomic E-state index is 12.8. The first-order valence-corrected chi connectivity index (χ1v) is 9.77. The maximum absolute atomic E-state index is 12.8. The Bertz CT molecular complexity index is 1300. The zero-order valence-electron chi connectivity index (χ0n) is 16.7. The number of rotatable bonds is 4. The number of nitrogens with zero attached hydrogens (tertiary/aromatic N) is 5. The van der Waals surface area contributed by atoms with E-state index in [1.54, 1.807) is 29.1 Å². The topological polar surface area (TPSA) is 105 Å². The number of para-hydroxylation sites is 2. The second-order valence-corrected chi connectivity index (χ2v) is 7.23. The summed E-state index contributed by atoms with van der Waals surface area (Å²) >= 11 is 0. The van der Waals surface area contributed by atoms with Crippen LogP contribution in [0.2, 0.25) is 0 Å². The van der Waals surface area contributed by atoms with Crippen molar-refractivity contribution in [2.45, 2.75) is 12.7 Å². The Morgan fingerprint density at radius 1 is 1.10 bits per heavy atom. The van der Waals surface area contributed by atoms with Crippen molar-refractivity contribution in [3.8, 4) is 0 Å². The molecule has 31 heavy (non-hydrogen) atoms. The Morgan fingerprint density at radius 3 is 2.81 bits per heavy atom. The molecule has 0 bridgehead atoms. The number of amides is 2. The number of nitrogens with one attached hydrogen (secondary N) is 2. The van der Waals surface area contributed by atoms with Crippen LogP contribution >= 0.6 is 0 Å². The number of fused-ring (bicyclic) bond motifs is 2. The van der Waals surface area contributed by atoms with Gasteiger partial charge in [0.15, 0.2) is 0 Å². The summed E-state index contributed by atoms with van der Waals surface area (Å²) in [5.41, 5.74) is 3.39. The fourth-order valence-electron chi connectivity index (χ4n) is 3.77. The molecule has 9 nitrogen and oxygen atoms in total. The van der Waals surface area contributed by atoms with Gasteiger partial charge in [0.05, 0.1) is 11.1 Å². The lowest BCUT2D eigenvalue weighted by Crippen LogP contribution is -2.45. The molecule has 2 amide bonds. The molecule has 2 aromatic heterocycles. The first-order chi connectivity index (χ1) is 15.1. The molecule has 2 aromatic carbocycles. The molecule has 0 fully saturated rings. The van der Waals surface area contributed by atoms with Crippen LogP contribution in [0.15, 0.2) is 66.9 Å². The van der Waals surface area contributed by atoms with Crippen LogP contribution in [-0.2, 0) is 11.3 Å². The van der Waals surface area contributed by atoms with Crippen molar-refractivity contribution in [2.24, 2.45) is 0 Å². The maximum Gasteiger partial charge on any atom is 0.256 e. The van der Waals surface area contributed by atoms with Gasteiger partial charge in [-0.05, 0) is 30.3 Å². The summed E-state index contributed by atoms with van der Waals surface area (Å²) in [5.74, 6) is 0.138. The van der Waals surface area contributed by atoms with E-state index in [1.165, 1.54) is 0 Å². The number of pyridine rings is 1. The normalized spacial score (nSPS) is 15.5. The van der Waals surface area contributed by atoms with Gasteiger partial charge in [0.1, 0.15) is 24.0 Å². The predicted octanol–water partition coefficient (Wildman–Crippen LogP) is 2.34. The predicted molar refractivity (Wildman–Crippen MR) is 115 cm³/mol. The molecule has 0 saturated carbocycles. The number of carbonyl (C=O) groups is 2. The number of anilines is 2. The van der Waals surface area contributed by atoms with Gasteiger partial charge < -0.3 is 15.5 Å². The third-order valence-electron chi connectivity index (χ3n) is 5.26. The summed E-state index contributed by atoms with van der Waals surface area (Å²) in [6.07, 6.45) is 1.18. The highest BCUT2D eigenvalue weighted by Crippen LogP contribution is 2.33. The van der Waals surface area contributed by atoms with Gasteiger partial charge in [0.2, 0.25) is 5.91 Å². The molecule has 4 aromatic rings. The summed E-state index contributed by atoms with van der Waals surface area (Å²) in [7, 11) is 1.86. The van der Waals surface area contributed by atoms with Crippen molar-refractivity contribution in [1.29, 1.82) is 0 Å². The third kappa shape index (κ3) is 3.35. The van der Waals surface area contributed by atoms with Gasteiger partial charge >= 0.3 is 0 Å². The average Bonchev–Trinajstić information content (AvgIpc) is 3.19. The molecule has 0 saturated heterocycles. The average molecular weight is 413 g/mol. The lowest BCUT2D eigenvalue weighted by atomic mass is 10.0. The van der Waals surface area contributed by atoms with Crippen molar-refractivity contribution in [3.63, 3.8) is 0 Å². The number of benzene rings is 2. The standard InChI is InChI=1S/C22H19N7O2/c1-28-20-15(8-6-12-23-20)22(31)25-21(28)14-7-2-3-9-16(14)24-19(30)13-29-18-11-5-4-10-17(18)26-27-29/h2-12,21H,13H2,1H3,(H,24,30)(H,25,31). The van der Waals surface area contributed by atoms with Gasteiger partial charge in [-0.25, -0.2) is 9.67 Å². The van der Waals surface area contributed by atoms with Crippen LogP contribution in [0.5, 0.6) is 0 Å². The van der Waals surface area contributed by atoms with Gasteiger partial charge in [-0.2, -0.15) is 0 Å². The molecular weight excluding hydrogens is 394 g/mol. The minimum absolute atomic E-state index is 0.0199. The molecule has 3 heterocycles. The van der Waals surface area contributed by atoms with Gasteiger partial charge in [-0.3, -0.25) is 9.59 Å². The van der Waals surface area contributed by atoms with Crippen LogP contribution in [0.25, 0.3) is 11.0 Å². The second kappa shape index (κ2) is 7.52. The molecule has 0 aliphatic carbocycles. The number of hydrogen-bond donors (Lipinski definition) is 2. The zero-order chi connectivity index (χ0) is 21.4. The molecule has 1 atom stereocenters. The molecule has 1 aliphatic rings. The van der Waals surface area contributed by atoms with Gasteiger partial charge in [-0.15, -0.1) is 5.10 Å². The molecule has 9 heteroatoms. The van der Waals surface area contributed by atoms with E-state index in [0.717, 1.165) is 16.6 Å². The Kier molecular flexibility index (Phi) is 4.55. The van der Waals surface area contributed by atoms with Gasteiger partial charge in [0.25, 0.3) is 5.91 Å². The minimum atomic E-state index is -0.474.